The second kappa shape index (κ2) is 5.94. The predicted molar refractivity (Wildman–Crippen MR) is 57.7 cm³/mol. The zero-order valence-corrected chi connectivity index (χ0v) is 9.22. The molecule has 0 aromatic heterocycles. The zero-order valence-electron chi connectivity index (χ0n) is 8.40. The molecule has 0 fully saturated rings. The maximum absolute atomic E-state index is 10.7. The van der Waals surface area contributed by atoms with E-state index in [-0.39, 0.29) is 11.1 Å². The summed E-state index contributed by atoms with van der Waals surface area (Å²) in [6, 6.07) is 6.16. The van der Waals surface area contributed by atoms with Crippen molar-refractivity contribution in [3.8, 4) is 0 Å². The highest BCUT2D eigenvalue weighted by Gasteiger charge is 2.10. The highest BCUT2D eigenvalue weighted by atomic mass is 32.3. The molecule has 17 heavy (non-hydrogen) atoms. The first kappa shape index (κ1) is 15.0. The Morgan fingerprint density at radius 1 is 0.941 bits per heavy atom. The van der Waals surface area contributed by atoms with Crippen molar-refractivity contribution in [1.29, 1.82) is 0 Å². The summed E-state index contributed by atoms with van der Waals surface area (Å²) in [6.07, 6.45) is 0. The van der Waals surface area contributed by atoms with Crippen molar-refractivity contribution < 1.29 is 27.1 Å². The Labute approximate surface area is 96.8 Å². The third kappa shape index (κ3) is 7.00. The smallest absolute Gasteiger partial charge is 0.366 e. The van der Waals surface area contributed by atoms with Gasteiger partial charge in [-0.1, -0.05) is 12.1 Å². The molecule has 9 heteroatoms. The summed E-state index contributed by atoms with van der Waals surface area (Å²) in [6.45, 7) is 0. The summed E-state index contributed by atoms with van der Waals surface area (Å²) in [5, 5.41) is 0. The van der Waals surface area contributed by atoms with Gasteiger partial charge in [0.2, 0.25) is 11.8 Å². The Morgan fingerprint density at radius 2 is 1.18 bits per heavy atom. The van der Waals surface area contributed by atoms with Crippen LogP contribution >= 0.6 is 0 Å². The maximum atomic E-state index is 10.7. The van der Waals surface area contributed by atoms with Gasteiger partial charge in [0.15, 0.2) is 0 Å². The van der Waals surface area contributed by atoms with Crippen LogP contribution in [0.4, 0.5) is 0 Å². The van der Waals surface area contributed by atoms with E-state index in [1.807, 2.05) is 0 Å². The number of amides is 2. The third-order valence-corrected chi connectivity index (χ3v) is 1.46. The largest absolute Gasteiger partial charge is 0.394 e. The zero-order chi connectivity index (χ0) is 13.6. The van der Waals surface area contributed by atoms with E-state index < -0.39 is 22.2 Å². The number of carbonyl (C=O) groups is 2. The number of primary amides is 2. The lowest BCUT2D eigenvalue weighted by molar-refractivity contribution is 0.0967. The molecule has 1 aromatic carbocycles. The molecule has 0 aliphatic heterocycles. The summed E-state index contributed by atoms with van der Waals surface area (Å²) in [5.41, 5.74) is 10.3. The van der Waals surface area contributed by atoms with Gasteiger partial charge < -0.3 is 11.5 Å². The van der Waals surface area contributed by atoms with Crippen molar-refractivity contribution in [1.82, 2.24) is 0 Å². The van der Waals surface area contributed by atoms with Crippen LogP contribution in [0.25, 0.3) is 0 Å². The highest BCUT2D eigenvalue weighted by Crippen LogP contribution is 2.06. The van der Waals surface area contributed by atoms with E-state index in [1.165, 1.54) is 12.1 Å². The Balaban J connectivity index is 0.000000437. The van der Waals surface area contributed by atoms with Crippen LogP contribution in [0, 0.1) is 0 Å². The van der Waals surface area contributed by atoms with Gasteiger partial charge in [-0.25, -0.2) is 0 Å². The Morgan fingerprint density at radius 3 is 1.35 bits per heavy atom. The van der Waals surface area contributed by atoms with E-state index in [4.69, 9.17) is 29.0 Å². The van der Waals surface area contributed by atoms with Crippen LogP contribution < -0.4 is 11.5 Å². The molecule has 1 rings (SSSR count). The lowest BCUT2D eigenvalue weighted by Gasteiger charge is -2.00. The molecule has 2 amide bonds. The van der Waals surface area contributed by atoms with Crippen LogP contribution in [0.15, 0.2) is 24.3 Å². The Bertz CT molecular complexity index is 484. The lowest BCUT2D eigenvalue weighted by atomic mass is 10.1. The fraction of sp³-hybridized carbons (Fsp3) is 0. The molecule has 0 radical (unpaired) electrons. The van der Waals surface area contributed by atoms with Gasteiger partial charge in [-0.2, -0.15) is 8.42 Å². The van der Waals surface area contributed by atoms with Crippen LogP contribution in [0.3, 0.4) is 0 Å². The fourth-order valence-electron chi connectivity index (χ4n) is 0.913. The van der Waals surface area contributed by atoms with Gasteiger partial charge in [-0.05, 0) is 12.1 Å². The molecule has 0 saturated carbocycles. The van der Waals surface area contributed by atoms with E-state index in [9.17, 15) is 9.59 Å². The van der Waals surface area contributed by atoms with Gasteiger partial charge >= 0.3 is 10.4 Å². The topological polar surface area (TPSA) is 161 Å². The number of rotatable bonds is 2. The molecule has 0 spiro atoms. The standard InChI is InChI=1S/C8H8N2O2.H2O4S/c9-7(11)5-3-1-2-4-6(5)8(10)12;1-5(2,3)4/h1-4H,(H2,9,11)(H2,10,12);(H2,1,2,3,4). The van der Waals surface area contributed by atoms with E-state index in [0.29, 0.717) is 0 Å². The second-order valence-corrected chi connectivity index (χ2v) is 3.62. The highest BCUT2D eigenvalue weighted by molar-refractivity contribution is 7.79. The number of hydrogen-bond acceptors (Lipinski definition) is 4. The predicted octanol–water partition coefficient (Wildman–Crippen LogP) is -0.768. The first-order chi connectivity index (χ1) is 7.63. The van der Waals surface area contributed by atoms with Crippen LogP contribution in [0.2, 0.25) is 0 Å². The summed E-state index contributed by atoms with van der Waals surface area (Å²) in [7, 11) is -4.67. The molecule has 6 N–H and O–H groups in total. The van der Waals surface area contributed by atoms with Crippen molar-refractivity contribution in [3.05, 3.63) is 35.4 Å². The summed E-state index contributed by atoms with van der Waals surface area (Å²) < 4.78 is 31.6. The molecule has 0 aliphatic rings. The summed E-state index contributed by atoms with van der Waals surface area (Å²) in [5.74, 6) is -1.30. The van der Waals surface area contributed by atoms with Crippen LogP contribution in [0.5, 0.6) is 0 Å². The molecule has 94 valence electrons. The monoisotopic (exact) mass is 262 g/mol. The molecule has 0 unspecified atom stereocenters. The molecule has 0 saturated heterocycles. The average Bonchev–Trinajstić information content (AvgIpc) is 2.15. The van der Waals surface area contributed by atoms with Crippen LogP contribution in [-0.2, 0) is 10.4 Å². The minimum absolute atomic E-state index is 0.157. The quantitative estimate of drug-likeness (QED) is 0.512. The lowest BCUT2D eigenvalue weighted by Crippen LogP contribution is -2.20. The Hall–Kier alpha value is -1.97. The third-order valence-electron chi connectivity index (χ3n) is 1.46. The minimum atomic E-state index is -4.67. The molecule has 0 atom stereocenters. The number of carbonyl (C=O) groups excluding carboxylic acids is 2. The summed E-state index contributed by atoms with van der Waals surface area (Å²) in [4.78, 5) is 21.5. The van der Waals surface area contributed by atoms with E-state index in [0.717, 1.165) is 0 Å². The molecule has 0 bridgehead atoms. The van der Waals surface area contributed by atoms with Crippen molar-refractivity contribution in [2.45, 2.75) is 0 Å². The van der Waals surface area contributed by atoms with Crippen molar-refractivity contribution >= 4 is 22.2 Å². The molecular formula is C8H10N2O6S. The first-order valence-corrected chi connectivity index (χ1v) is 5.41. The van der Waals surface area contributed by atoms with Crippen LogP contribution in [0.1, 0.15) is 20.7 Å². The Kier molecular flexibility index (Phi) is 5.25. The fourth-order valence-corrected chi connectivity index (χ4v) is 0.913. The van der Waals surface area contributed by atoms with Gasteiger partial charge in [0, 0.05) is 0 Å². The maximum Gasteiger partial charge on any atom is 0.394 e. The first-order valence-electron chi connectivity index (χ1n) is 4.01. The SMILES string of the molecule is NC(=O)c1ccccc1C(N)=O.O=S(=O)(O)O. The van der Waals surface area contributed by atoms with Crippen molar-refractivity contribution in [2.75, 3.05) is 0 Å². The normalized spacial score (nSPS) is 10.0. The molecule has 0 heterocycles. The molecule has 1 aromatic rings. The van der Waals surface area contributed by atoms with Crippen molar-refractivity contribution in [3.63, 3.8) is 0 Å². The van der Waals surface area contributed by atoms with E-state index >= 15 is 0 Å². The number of benzene rings is 1. The van der Waals surface area contributed by atoms with Gasteiger partial charge in [-0.3, -0.25) is 18.7 Å². The van der Waals surface area contributed by atoms with Gasteiger partial charge in [-0.15, -0.1) is 0 Å². The van der Waals surface area contributed by atoms with E-state index in [2.05, 4.69) is 0 Å². The minimum Gasteiger partial charge on any atom is -0.366 e. The number of nitrogens with two attached hydrogens (primary N) is 2. The molecular weight excluding hydrogens is 252 g/mol. The van der Waals surface area contributed by atoms with Gasteiger partial charge in [0.05, 0.1) is 11.1 Å². The van der Waals surface area contributed by atoms with Gasteiger partial charge in [0.25, 0.3) is 0 Å². The average molecular weight is 262 g/mol. The van der Waals surface area contributed by atoms with Gasteiger partial charge in [0.1, 0.15) is 0 Å². The molecule has 8 nitrogen and oxygen atoms in total. The summed E-state index contributed by atoms with van der Waals surface area (Å²) >= 11 is 0. The number of hydrogen-bond donors (Lipinski definition) is 4. The van der Waals surface area contributed by atoms with E-state index in [1.54, 1.807) is 12.1 Å². The van der Waals surface area contributed by atoms with Crippen molar-refractivity contribution in [2.24, 2.45) is 11.5 Å². The second-order valence-electron chi connectivity index (χ2n) is 2.72. The molecule has 0 aliphatic carbocycles. The van der Waals surface area contributed by atoms with Crippen LogP contribution in [-0.4, -0.2) is 29.3 Å².